The topological polar surface area (TPSA) is 55.1 Å². The lowest BCUT2D eigenvalue weighted by molar-refractivity contribution is 0.0941. The van der Waals surface area contributed by atoms with Gasteiger partial charge in [-0.05, 0) is 26.0 Å². The largest absolute Gasteiger partial charge is 0.393 e. The number of hydrogen-bond donors (Lipinski definition) is 2. The third-order valence-corrected chi connectivity index (χ3v) is 2.37. The van der Waals surface area contributed by atoms with Crippen LogP contribution in [0.2, 0.25) is 0 Å². The summed E-state index contributed by atoms with van der Waals surface area (Å²) in [5, 5.41) is 2.84. The molecule has 0 spiro atoms. The van der Waals surface area contributed by atoms with Crippen molar-refractivity contribution in [1.82, 2.24) is 5.32 Å². The lowest BCUT2D eigenvalue weighted by atomic mass is 10.1. The van der Waals surface area contributed by atoms with Gasteiger partial charge in [0.05, 0.1) is 4.99 Å². The lowest BCUT2D eigenvalue weighted by Crippen LogP contribution is -2.35. The molecule has 3 nitrogen and oxygen atoms in total. The molecule has 1 rings (SSSR count). The van der Waals surface area contributed by atoms with E-state index in [1.54, 1.807) is 12.1 Å². The minimum Gasteiger partial charge on any atom is -0.393 e. The van der Waals surface area contributed by atoms with E-state index in [4.69, 9.17) is 18.0 Å². The van der Waals surface area contributed by atoms with Crippen molar-refractivity contribution in [1.29, 1.82) is 0 Å². The smallest absolute Gasteiger partial charge is 0.251 e. The third-order valence-electron chi connectivity index (χ3n) is 2.20. The molecule has 1 unspecified atom stereocenters. The van der Waals surface area contributed by atoms with Gasteiger partial charge in [0, 0.05) is 18.0 Å². The number of thiocarbonyl (C=S) groups is 1. The van der Waals surface area contributed by atoms with E-state index < -0.39 is 0 Å². The number of nitrogens with two attached hydrogens (primary N) is 1. The van der Waals surface area contributed by atoms with Crippen LogP contribution in [-0.2, 0) is 0 Å². The van der Waals surface area contributed by atoms with Crippen LogP contribution in [0, 0.1) is 6.92 Å². The molecule has 0 aromatic heterocycles. The second-order valence-electron chi connectivity index (χ2n) is 3.91. The lowest BCUT2D eigenvalue weighted by Gasteiger charge is -2.12. The highest BCUT2D eigenvalue weighted by atomic mass is 32.1. The molecule has 1 atom stereocenters. The van der Waals surface area contributed by atoms with Gasteiger partial charge in [-0.2, -0.15) is 0 Å². The number of amides is 1. The number of nitrogens with one attached hydrogen (secondary N) is 1. The van der Waals surface area contributed by atoms with Crippen molar-refractivity contribution in [2.24, 2.45) is 5.73 Å². The molecule has 0 saturated heterocycles. The molecular formula is C12H16N2OS. The van der Waals surface area contributed by atoms with Crippen LogP contribution < -0.4 is 11.1 Å². The maximum atomic E-state index is 11.8. The summed E-state index contributed by atoms with van der Waals surface area (Å²) in [6, 6.07) is 7.39. The normalized spacial score (nSPS) is 11.9. The van der Waals surface area contributed by atoms with Gasteiger partial charge in [0.25, 0.3) is 5.91 Å². The predicted molar refractivity (Wildman–Crippen MR) is 69.5 cm³/mol. The van der Waals surface area contributed by atoms with Crippen LogP contribution in [0.4, 0.5) is 0 Å². The Morgan fingerprint density at radius 3 is 2.50 bits per heavy atom. The molecule has 0 fully saturated rings. The summed E-state index contributed by atoms with van der Waals surface area (Å²) in [6.45, 7) is 3.86. The van der Waals surface area contributed by atoms with Crippen LogP contribution in [-0.4, -0.2) is 16.9 Å². The zero-order chi connectivity index (χ0) is 12.1. The number of hydrogen-bond acceptors (Lipinski definition) is 2. The van der Waals surface area contributed by atoms with Gasteiger partial charge < -0.3 is 11.1 Å². The monoisotopic (exact) mass is 236 g/mol. The Morgan fingerprint density at radius 1 is 1.44 bits per heavy atom. The highest BCUT2D eigenvalue weighted by Gasteiger charge is 2.09. The van der Waals surface area contributed by atoms with Gasteiger partial charge >= 0.3 is 0 Å². The SMILES string of the molecule is Cc1ccc(C(=O)NC(C)CC(N)=S)cc1. The molecular weight excluding hydrogens is 220 g/mol. The molecule has 0 saturated carbocycles. The fourth-order valence-electron chi connectivity index (χ4n) is 1.36. The molecule has 0 aliphatic heterocycles. The minimum atomic E-state index is -0.0937. The summed E-state index contributed by atoms with van der Waals surface area (Å²) in [4.78, 5) is 12.2. The number of benzene rings is 1. The highest BCUT2D eigenvalue weighted by molar-refractivity contribution is 7.80. The average molecular weight is 236 g/mol. The van der Waals surface area contributed by atoms with Crippen molar-refractivity contribution in [2.75, 3.05) is 0 Å². The first-order chi connectivity index (χ1) is 7.49. The molecule has 16 heavy (non-hydrogen) atoms. The van der Waals surface area contributed by atoms with Crippen molar-refractivity contribution in [3.8, 4) is 0 Å². The van der Waals surface area contributed by atoms with Crippen LogP contribution in [0.25, 0.3) is 0 Å². The molecule has 1 amide bonds. The summed E-state index contributed by atoms with van der Waals surface area (Å²) < 4.78 is 0. The first-order valence-electron chi connectivity index (χ1n) is 5.15. The Bertz CT molecular complexity index is 387. The first-order valence-corrected chi connectivity index (χ1v) is 5.55. The Labute approximate surface area is 101 Å². The van der Waals surface area contributed by atoms with E-state index in [0.717, 1.165) is 5.56 Å². The molecule has 0 radical (unpaired) electrons. The number of rotatable bonds is 4. The molecule has 1 aromatic carbocycles. The molecule has 1 aromatic rings. The van der Waals surface area contributed by atoms with Gasteiger partial charge in [0.15, 0.2) is 0 Å². The van der Waals surface area contributed by atoms with Crippen molar-refractivity contribution in [2.45, 2.75) is 26.3 Å². The molecule has 0 heterocycles. The fraction of sp³-hybridized carbons (Fsp3) is 0.333. The van der Waals surface area contributed by atoms with E-state index in [1.165, 1.54) is 0 Å². The zero-order valence-electron chi connectivity index (χ0n) is 9.49. The van der Waals surface area contributed by atoms with E-state index in [0.29, 0.717) is 17.0 Å². The van der Waals surface area contributed by atoms with Crippen molar-refractivity contribution in [3.05, 3.63) is 35.4 Å². The maximum Gasteiger partial charge on any atom is 0.251 e. The molecule has 4 heteroatoms. The maximum absolute atomic E-state index is 11.8. The molecule has 86 valence electrons. The summed E-state index contributed by atoms with van der Waals surface area (Å²) in [5.74, 6) is -0.0937. The van der Waals surface area contributed by atoms with E-state index >= 15 is 0 Å². The Balaban J connectivity index is 2.58. The van der Waals surface area contributed by atoms with E-state index in [-0.39, 0.29) is 11.9 Å². The first kappa shape index (κ1) is 12.6. The fourth-order valence-corrected chi connectivity index (χ4v) is 1.61. The highest BCUT2D eigenvalue weighted by Crippen LogP contribution is 2.03. The van der Waals surface area contributed by atoms with Gasteiger partial charge in [-0.3, -0.25) is 4.79 Å². The third kappa shape index (κ3) is 3.98. The van der Waals surface area contributed by atoms with E-state index in [1.807, 2.05) is 26.0 Å². The summed E-state index contributed by atoms with van der Waals surface area (Å²) in [5.41, 5.74) is 7.19. The van der Waals surface area contributed by atoms with Gasteiger partial charge in [0.1, 0.15) is 0 Å². The van der Waals surface area contributed by atoms with Crippen molar-refractivity contribution in [3.63, 3.8) is 0 Å². The second-order valence-corrected chi connectivity index (χ2v) is 4.44. The van der Waals surface area contributed by atoms with E-state index in [2.05, 4.69) is 5.32 Å². The number of carbonyl (C=O) groups is 1. The average Bonchev–Trinajstić information content (AvgIpc) is 2.16. The predicted octanol–water partition coefficient (Wildman–Crippen LogP) is 1.79. The van der Waals surface area contributed by atoms with Crippen molar-refractivity contribution < 1.29 is 4.79 Å². The van der Waals surface area contributed by atoms with Gasteiger partial charge in [-0.15, -0.1) is 0 Å². The Hall–Kier alpha value is -1.42. The van der Waals surface area contributed by atoms with E-state index in [9.17, 15) is 4.79 Å². The van der Waals surface area contributed by atoms with Gasteiger partial charge in [-0.1, -0.05) is 29.9 Å². The van der Waals surface area contributed by atoms with Gasteiger partial charge in [-0.25, -0.2) is 0 Å². The standard InChI is InChI=1S/C12H16N2OS/c1-8-3-5-10(6-4-8)12(15)14-9(2)7-11(13)16/h3-6,9H,7H2,1-2H3,(H2,13,16)(H,14,15). The van der Waals surface area contributed by atoms with Crippen LogP contribution in [0.1, 0.15) is 29.3 Å². The van der Waals surface area contributed by atoms with Crippen LogP contribution >= 0.6 is 12.2 Å². The van der Waals surface area contributed by atoms with Crippen LogP contribution in [0.3, 0.4) is 0 Å². The number of aryl methyl sites for hydroxylation is 1. The zero-order valence-corrected chi connectivity index (χ0v) is 10.3. The summed E-state index contributed by atoms with van der Waals surface area (Å²) >= 11 is 4.78. The van der Waals surface area contributed by atoms with Crippen molar-refractivity contribution >= 4 is 23.1 Å². The second kappa shape index (κ2) is 5.61. The Morgan fingerprint density at radius 2 is 2.00 bits per heavy atom. The minimum absolute atomic E-state index is 0.0358. The molecule has 0 aliphatic carbocycles. The Kier molecular flexibility index (Phi) is 4.43. The van der Waals surface area contributed by atoms with Crippen LogP contribution in [0.15, 0.2) is 24.3 Å². The molecule has 0 bridgehead atoms. The summed E-state index contributed by atoms with van der Waals surface area (Å²) in [6.07, 6.45) is 0.521. The molecule has 3 N–H and O–H groups in total. The van der Waals surface area contributed by atoms with Gasteiger partial charge in [0.2, 0.25) is 0 Å². The van der Waals surface area contributed by atoms with Crippen LogP contribution in [0.5, 0.6) is 0 Å². The number of carbonyl (C=O) groups excluding carboxylic acids is 1. The molecule has 0 aliphatic rings. The summed E-state index contributed by atoms with van der Waals surface area (Å²) in [7, 11) is 0. The quantitative estimate of drug-likeness (QED) is 0.784.